The second-order valence-corrected chi connectivity index (χ2v) is 7.20. The first-order valence-corrected chi connectivity index (χ1v) is 8.97. The Labute approximate surface area is 150 Å². The third-order valence-corrected chi connectivity index (χ3v) is 5.39. The number of piperidine rings is 1. The number of nitrogens with zero attached hydrogens (tertiary/aromatic N) is 3. The van der Waals surface area contributed by atoms with E-state index in [0.29, 0.717) is 39.0 Å². The SMILES string of the molecule is CCOC(=O)C1(Cc2cnn(C(C)C)c2Br)CCN(C(=O)O)CC1. The minimum Gasteiger partial charge on any atom is -0.466 e. The molecule has 1 aromatic heterocycles. The van der Waals surface area contributed by atoms with Gasteiger partial charge in [-0.3, -0.25) is 9.48 Å². The monoisotopic (exact) mass is 401 g/mol. The van der Waals surface area contributed by atoms with Gasteiger partial charge in [0.05, 0.1) is 18.2 Å². The molecule has 1 saturated heterocycles. The van der Waals surface area contributed by atoms with Crippen molar-refractivity contribution in [3.63, 3.8) is 0 Å². The van der Waals surface area contributed by atoms with E-state index < -0.39 is 11.5 Å². The minimum atomic E-state index is -0.943. The van der Waals surface area contributed by atoms with E-state index in [9.17, 15) is 9.59 Å². The van der Waals surface area contributed by atoms with Crippen molar-refractivity contribution in [1.82, 2.24) is 14.7 Å². The van der Waals surface area contributed by atoms with E-state index in [-0.39, 0.29) is 12.0 Å². The van der Waals surface area contributed by atoms with Gasteiger partial charge in [-0.15, -0.1) is 0 Å². The fourth-order valence-corrected chi connectivity index (χ4v) is 3.83. The highest BCUT2D eigenvalue weighted by Gasteiger charge is 2.44. The molecule has 0 bridgehead atoms. The largest absolute Gasteiger partial charge is 0.466 e. The number of hydrogen-bond donors (Lipinski definition) is 1. The number of likely N-dealkylation sites (tertiary alicyclic amines) is 1. The molecule has 0 aliphatic carbocycles. The number of carbonyl (C=O) groups is 2. The topological polar surface area (TPSA) is 84.7 Å². The molecule has 0 aromatic carbocycles. The van der Waals surface area contributed by atoms with Crippen molar-refractivity contribution in [3.05, 3.63) is 16.4 Å². The van der Waals surface area contributed by atoms with Crippen molar-refractivity contribution in [2.75, 3.05) is 19.7 Å². The number of carboxylic acid groups (broad SMARTS) is 1. The summed E-state index contributed by atoms with van der Waals surface area (Å²) in [5, 5.41) is 13.5. The Morgan fingerprint density at radius 2 is 2.04 bits per heavy atom. The highest BCUT2D eigenvalue weighted by molar-refractivity contribution is 9.10. The van der Waals surface area contributed by atoms with Gasteiger partial charge in [-0.2, -0.15) is 5.10 Å². The Kier molecular flexibility index (Phi) is 5.90. The molecule has 7 nitrogen and oxygen atoms in total. The van der Waals surface area contributed by atoms with E-state index in [2.05, 4.69) is 21.0 Å². The standard InChI is InChI=1S/C16H24BrN3O4/c1-4-24-14(21)16(5-7-19(8-6-16)15(22)23)9-12-10-18-20(11(2)3)13(12)17/h10-11H,4-9H2,1-3H3,(H,22,23). The van der Waals surface area contributed by atoms with Gasteiger partial charge >= 0.3 is 12.1 Å². The van der Waals surface area contributed by atoms with Crippen LogP contribution in [-0.4, -0.2) is 51.5 Å². The molecule has 1 amide bonds. The van der Waals surface area contributed by atoms with Crippen molar-refractivity contribution in [1.29, 1.82) is 0 Å². The molecule has 1 aromatic rings. The van der Waals surface area contributed by atoms with E-state index >= 15 is 0 Å². The molecule has 0 unspecified atom stereocenters. The lowest BCUT2D eigenvalue weighted by molar-refractivity contribution is -0.158. The first kappa shape index (κ1) is 18.8. The molecular weight excluding hydrogens is 378 g/mol. The van der Waals surface area contributed by atoms with Crippen LogP contribution in [0.2, 0.25) is 0 Å². The average Bonchev–Trinajstić information content (AvgIpc) is 2.89. The molecule has 1 aliphatic rings. The number of aromatic nitrogens is 2. The molecule has 2 heterocycles. The summed E-state index contributed by atoms with van der Waals surface area (Å²) < 4.78 is 8.02. The van der Waals surface area contributed by atoms with E-state index in [1.807, 2.05) is 18.5 Å². The third-order valence-electron chi connectivity index (χ3n) is 4.52. The Hall–Kier alpha value is -1.57. The summed E-state index contributed by atoms with van der Waals surface area (Å²) in [6, 6.07) is 0.209. The maximum atomic E-state index is 12.6. The summed E-state index contributed by atoms with van der Waals surface area (Å²) in [4.78, 5) is 25.1. The molecule has 0 atom stereocenters. The molecule has 0 saturated carbocycles. The normalized spacial score (nSPS) is 17.1. The zero-order chi connectivity index (χ0) is 17.9. The predicted octanol–water partition coefficient (Wildman–Crippen LogP) is 3.09. The zero-order valence-electron chi connectivity index (χ0n) is 14.3. The average molecular weight is 402 g/mol. The second-order valence-electron chi connectivity index (χ2n) is 6.45. The number of hydrogen-bond acceptors (Lipinski definition) is 4. The van der Waals surface area contributed by atoms with E-state index in [1.54, 1.807) is 13.1 Å². The maximum Gasteiger partial charge on any atom is 0.407 e. The molecule has 1 aliphatic heterocycles. The summed E-state index contributed by atoms with van der Waals surface area (Å²) in [6.07, 6.45) is 2.23. The van der Waals surface area contributed by atoms with Gasteiger partial charge in [0.15, 0.2) is 0 Å². The van der Waals surface area contributed by atoms with Crippen LogP contribution >= 0.6 is 15.9 Å². The van der Waals surface area contributed by atoms with Crippen LogP contribution < -0.4 is 0 Å². The number of carbonyl (C=O) groups excluding carboxylic acids is 1. The molecule has 0 radical (unpaired) electrons. The van der Waals surface area contributed by atoms with Crippen LogP contribution in [-0.2, 0) is 16.0 Å². The fourth-order valence-electron chi connectivity index (χ4n) is 3.09. The Morgan fingerprint density at radius 3 is 2.50 bits per heavy atom. The van der Waals surface area contributed by atoms with Gasteiger partial charge in [-0.25, -0.2) is 4.79 Å². The number of rotatable bonds is 5. The third kappa shape index (κ3) is 3.74. The van der Waals surface area contributed by atoms with Crippen LogP contribution in [0.3, 0.4) is 0 Å². The summed E-state index contributed by atoms with van der Waals surface area (Å²) >= 11 is 3.57. The summed E-state index contributed by atoms with van der Waals surface area (Å²) in [7, 11) is 0. The number of ether oxygens (including phenoxy) is 1. The predicted molar refractivity (Wildman–Crippen MR) is 91.9 cm³/mol. The second kappa shape index (κ2) is 7.55. The lowest BCUT2D eigenvalue weighted by atomic mass is 9.74. The van der Waals surface area contributed by atoms with Gasteiger partial charge in [0.1, 0.15) is 4.60 Å². The quantitative estimate of drug-likeness (QED) is 0.766. The molecular formula is C16H24BrN3O4. The Morgan fingerprint density at radius 1 is 1.42 bits per heavy atom. The highest BCUT2D eigenvalue weighted by atomic mass is 79.9. The summed E-state index contributed by atoms with van der Waals surface area (Å²) in [5.74, 6) is -0.251. The van der Waals surface area contributed by atoms with Crippen LogP contribution in [0.15, 0.2) is 10.8 Å². The maximum absolute atomic E-state index is 12.6. The van der Waals surface area contributed by atoms with E-state index in [1.165, 1.54) is 4.90 Å². The van der Waals surface area contributed by atoms with Gasteiger partial charge in [-0.1, -0.05) is 0 Å². The Balaban J connectivity index is 2.25. The fraction of sp³-hybridized carbons (Fsp3) is 0.688. The summed E-state index contributed by atoms with van der Waals surface area (Å²) in [6.45, 7) is 6.84. The molecule has 134 valence electrons. The van der Waals surface area contributed by atoms with Gasteiger partial charge in [0.25, 0.3) is 0 Å². The lowest BCUT2D eigenvalue weighted by Crippen LogP contribution is -2.47. The van der Waals surface area contributed by atoms with Crippen LogP contribution in [0, 0.1) is 5.41 Å². The van der Waals surface area contributed by atoms with Crippen molar-refractivity contribution in [2.45, 2.75) is 46.1 Å². The number of esters is 1. The zero-order valence-corrected chi connectivity index (χ0v) is 15.9. The van der Waals surface area contributed by atoms with E-state index in [0.717, 1.165) is 10.2 Å². The molecule has 1 fully saturated rings. The number of amides is 1. The lowest BCUT2D eigenvalue weighted by Gasteiger charge is -2.38. The van der Waals surface area contributed by atoms with Crippen LogP contribution in [0.25, 0.3) is 0 Å². The van der Waals surface area contributed by atoms with Crippen LogP contribution in [0.4, 0.5) is 4.79 Å². The first-order chi connectivity index (χ1) is 11.3. The minimum absolute atomic E-state index is 0.209. The summed E-state index contributed by atoms with van der Waals surface area (Å²) in [5.41, 5.74) is 0.246. The van der Waals surface area contributed by atoms with Crippen LogP contribution in [0.1, 0.15) is 45.2 Å². The van der Waals surface area contributed by atoms with Gasteiger partial charge in [0, 0.05) is 24.7 Å². The highest BCUT2D eigenvalue weighted by Crippen LogP contribution is 2.38. The van der Waals surface area contributed by atoms with Gasteiger partial charge < -0.3 is 14.7 Å². The van der Waals surface area contributed by atoms with E-state index in [4.69, 9.17) is 9.84 Å². The van der Waals surface area contributed by atoms with Crippen molar-refractivity contribution >= 4 is 28.0 Å². The first-order valence-electron chi connectivity index (χ1n) is 8.17. The molecule has 24 heavy (non-hydrogen) atoms. The molecule has 2 rings (SSSR count). The Bertz CT molecular complexity index is 606. The smallest absolute Gasteiger partial charge is 0.407 e. The van der Waals surface area contributed by atoms with Crippen molar-refractivity contribution in [2.24, 2.45) is 5.41 Å². The molecule has 8 heteroatoms. The van der Waals surface area contributed by atoms with Gasteiger partial charge in [-0.05, 0) is 56.0 Å². The van der Waals surface area contributed by atoms with Crippen LogP contribution in [0.5, 0.6) is 0 Å². The molecule has 1 N–H and O–H groups in total. The van der Waals surface area contributed by atoms with Crippen molar-refractivity contribution < 1.29 is 19.4 Å². The molecule has 0 spiro atoms. The number of halogens is 1. The van der Waals surface area contributed by atoms with Crippen molar-refractivity contribution in [3.8, 4) is 0 Å². The van der Waals surface area contributed by atoms with Gasteiger partial charge in [0.2, 0.25) is 0 Å².